The third-order valence-corrected chi connectivity index (χ3v) is 4.22. The second-order valence-corrected chi connectivity index (χ2v) is 7.68. The standard InChI is InChI=1S/C17H29N3O6/c1-17(2,3)26-16(25)20(4)12(9-13(18)21)14(22)19-11-7-5-6-10(8-11)15(23)24/h10-12H,5-9H2,1-4H3,(H2,18,21)(H,19,22)(H,23,24)/t10-,11+,12-/m0/s1. The molecule has 0 aromatic carbocycles. The van der Waals surface area contributed by atoms with Crippen LogP contribution in [0.5, 0.6) is 0 Å². The molecule has 9 heteroatoms. The van der Waals surface area contributed by atoms with Crippen LogP contribution >= 0.6 is 0 Å². The lowest BCUT2D eigenvalue weighted by Gasteiger charge is -2.32. The molecule has 0 aliphatic heterocycles. The molecule has 0 aromatic heterocycles. The van der Waals surface area contributed by atoms with Crippen LogP contribution in [0.25, 0.3) is 0 Å². The zero-order chi connectivity index (χ0) is 20.1. The molecule has 148 valence electrons. The molecule has 3 atom stereocenters. The summed E-state index contributed by atoms with van der Waals surface area (Å²) in [5, 5.41) is 11.9. The van der Waals surface area contributed by atoms with Crippen molar-refractivity contribution in [3.05, 3.63) is 0 Å². The van der Waals surface area contributed by atoms with E-state index in [-0.39, 0.29) is 12.5 Å². The fraction of sp³-hybridized carbons (Fsp3) is 0.765. The number of amides is 3. The lowest BCUT2D eigenvalue weighted by atomic mass is 9.85. The molecule has 4 N–H and O–H groups in total. The van der Waals surface area contributed by atoms with Crippen LogP contribution in [0, 0.1) is 5.92 Å². The van der Waals surface area contributed by atoms with E-state index in [9.17, 15) is 19.2 Å². The third kappa shape index (κ3) is 6.89. The molecule has 26 heavy (non-hydrogen) atoms. The van der Waals surface area contributed by atoms with Gasteiger partial charge in [-0.25, -0.2) is 4.79 Å². The zero-order valence-electron chi connectivity index (χ0n) is 15.8. The number of carbonyl (C=O) groups is 4. The molecule has 0 saturated heterocycles. The lowest BCUT2D eigenvalue weighted by Crippen LogP contribution is -2.53. The van der Waals surface area contributed by atoms with Gasteiger partial charge in [-0.1, -0.05) is 6.42 Å². The van der Waals surface area contributed by atoms with E-state index in [0.717, 1.165) is 4.90 Å². The fourth-order valence-electron chi connectivity index (χ4n) is 2.90. The summed E-state index contributed by atoms with van der Waals surface area (Å²) in [6.45, 7) is 5.07. The summed E-state index contributed by atoms with van der Waals surface area (Å²) in [6, 6.07) is -1.44. The van der Waals surface area contributed by atoms with Crippen LogP contribution in [-0.4, -0.2) is 58.6 Å². The van der Waals surface area contributed by atoms with Gasteiger partial charge in [0.2, 0.25) is 11.8 Å². The van der Waals surface area contributed by atoms with Crippen molar-refractivity contribution in [3.8, 4) is 0 Å². The topological polar surface area (TPSA) is 139 Å². The van der Waals surface area contributed by atoms with Crippen LogP contribution in [0.4, 0.5) is 4.79 Å². The summed E-state index contributed by atoms with van der Waals surface area (Å²) < 4.78 is 5.23. The van der Waals surface area contributed by atoms with E-state index < -0.39 is 41.4 Å². The molecular weight excluding hydrogens is 342 g/mol. The molecule has 0 heterocycles. The molecule has 3 amide bonds. The minimum absolute atomic E-state index is 0.320. The number of hydrogen-bond donors (Lipinski definition) is 3. The van der Waals surface area contributed by atoms with Gasteiger partial charge in [0.1, 0.15) is 11.6 Å². The van der Waals surface area contributed by atoms with Gasteiger partial charge in [0, 0.05) is 13.1 Å². The van der Waals surface area contributed by atoms with Gasteiger partial charge < -0.3 is 20.9 Å². The number of hydrogen-bond acceptors (Lipinski definition) is 5. The van der Waals surface area contributed by atoms with Crippen molar-refractivity contribution in [1.82, 2.24) is 10.2 Å². The molecule has 0 unspecified atom stereocenters. The summed E-state index contributed by atoms with van der Waals surface area (Å²) in [5.41, 5.74) is 4.46. The molecule has 1 aliphatic rings. The van der Waals surface area contributed by atoms with Crippen LogP contribution in [0.1, 0.15) is 52.9 Å². The molecule has 1 saturated carbocycles. The van der Waals surface area contributed by atoms with E-state index in [1.165, 1.54) is 7.05 Å². The molecule has 1 fully saturated rings. The van der Waals surface area contributed by atoms with E-state index in [2.05, 4.69) is 5.32 Å². The maximum atomic E-state index is 12.6. The van der Waals surface area contributed by atoms with Crippen molar-refractivity contribution in [2.75, 3.05) is 7.05 Å². The summed E-state index contributed by atoms with van der Waals surface area (Å²) in [4.78, 5) is 48.4. The minimum atomic E-state index is -1.12. The average Bonchev–Trinajstić information content (AvgIpc) is 2.50. The van der Waals surface area contributed by atoms with Gasteiger partial charge in [0.25, 0.3) is 0 Å². The molecular formula is C17H29N3O6. The molecule has 0 bridgehead atoms. The van der Waals surface area contributed by atoms with Gasteiger partial charge in [0.15, 0.2) is 0 Å². The van der Waals surface area contributed by atoms with E-state index in [0.29, 0.717) is 25.7 Å². The van der Waals surface area contributed by atoms with Gasteiger partial charge in [-0.2, -0.15) is 0 Å². The molecule has 0 spiro atoms. The summed E-state index contributed by atoms with van der Waals surface area (Å²) in [7, 11) is 1.36. The first-order valence-electron chi connectivity index (χ1n) is 8.68. The number of ether oxygens (including phenoxy) is 1. The first-order chi connectivity index (χ1) is 11.9. The van der Waals surface area contributed by atoms with E-state index in [4.69, 9.17) is 15.6 Å². The van der Waals surface area contributed by atoms with E-state index in [1.54, 1.807) is 20.8 Å². The second-order valence-electron chi connectivity index (χ2n) is 7.68. The molecule has 0 radical (unpaired) electrons. The predicted octanol–water partition coefficient (Wildman–Crippen LogP) is 0.857. The average molecular weight is 371 g/mol. The Labute approximate surface area is 153 Å². The van der Waals surface area contributed by atoms with Gasteiger partial charge in [-0.3, -0.25) is 19.3 Å². The van der Waals surface area contributed by atoms with Gasteiger partial charge in [0.05, 0.1) is 12.3 Å². The van der Waals surface area contributed by atoms with Crippen LogP contribution in [-0.2, 0) is 19.1 Å². The van der Waals surface area contributed by atoms with Gasteiger partial charge in [-0.05, 0) is 40.0 Å². The number of carboxylic acid groups (broad SMARTS) is 1. The predicted molar refractivity (Wildman–Crippen MR) is 93.1 cm³/mol. The highest BCUT2D eigenvalue weighted by molar-refractivity contribution is 5.90. The molecule has 0 aromatic rings. The smallest absolute Gasteiger partial charge is 0.410 e. The van der Waals surface area contributed by atoms with Crippen molar-refractivity contribution in [1.29, 1.82) is 0 Å². The first-order valence-corrected chi connectivity index (χ1v) is 8.68. The number of likely N-dealkylation sites (N-methyl/N-ethyl adjacent to an activating group) is 1. The van der Waals surface area contributed by atoms with E-state index >= 15 is 0 Å². The largest absolute Gasteiger partial charge is 0.481 e. The Kier molecular flexibility index (Phi) is 7.41. The Balaban J connectivity index is 2.81. The van der Waals surface area contributed by atoms with E-state index in [1.807, 2.05) is 0 Å². The van der Waals surface area contributed by atoms with Crippen molar-refractivity contribution < 1.29 is 29.0 Å². The van der Waals surface area contributed by atoms with Crippen LogP contribution in [0.15, 0.2) is 0 Å². The maximum Gasteiger partial charge on any atom is 0.410 e. The molecule has 9 nitrogen and oxygen atoms in total. The molecule has 1 aliphatic carbocycles. The van der Waals surface area contributed by atoms with Gasteiger partial charge >= 0.3 is 12.1 Å². The maximum absolute atomic E-state index is 12.6. The highest BCUT2D eigenvalue weighted by atomic mass is 16.6. The Morgan fingerprint density at radius 2 is 1.88 bits per heavy atom. The highest BCUT2D eigenvalue weighted by Crippen LogP contribution is 2.24. The molecule has 1 rings (SSSR count). The Hall–Kier alpha value is -2.32. The number of carbonyl (C=O) groups excluding carboxylic acids is 3. The Morgan fingerprint density at radius 3 is 2.38 bits per heavy atom. The first kappa shape index (κ1) is 21.7. The second kappa shape index (κ2) is 8.86. The number of nitrogens with two attached hydrogens (primary N) is 1. The van der Waals surface area contributed by atoms with Crippen LogP contribution in [0.2, 0.25) is 0 Å². The quantitative estimate of drug-likeness (QED) is 0.633. The number of nitrogens with zero attached hydrogens (tertiary/aromatic N) is 1. The summed E-state index contributed by atoms with van der Waals surface area (Å²) in [5.74, 6) is -2.67. The SMILES string of the molecule is CN(C(=O)OC(C)(C)C)[C@@H](CC(N)=O)C(=O)N[C@@H]1CCC[C@H](C(=O)O)C1. The Morgan fingerprint density at radius 1 is 1.27 bits per heavy atom. The lowest BCUT2D eigenvalue weighted by molar-refractivity contribution is -0.143. The number of primary amides is 1. The number of carboxylic acids is 1. The third-order valence-electron chi connectivity index (χ3n) is 4.22. The highest BCUT2D eigenvalue weighted by Gasteiger charge is 2.34. The number of aliphatic carboxylic acids is 1. The fourth-order valence-corrected chi connectivity index (χ4v) is 2.90. The van der Waals surface area contributed by atoms with Gasteiger partial charge in [-0.15, -0.1) is 0 Å². The summed E-state index contributed by atoms with van der Waals surface area (Å²) in [6.07, 6.45) is 1.13. The van der Waals surface area contributed by atoms with Crippen LogP contribution < -0.4 is 11.1 Å². The van der Waals surface area contributed by atoms with Crippen molar-refractivity contribution in [2.45, 2.75) is 70.6 Å². The van der Waals surface area contributed by atoms with Crippen molar-refractivity contribution >= 4 is 23.9 Å². The monoisotopic (exact) mass is 371 g/mol. The Bertz CT molecular complexity index is 557. The minimum Gasteiger partial charge on any atom is -0.481 e. The normalized spacial score (nSPS) is 21.4. The number of rotatable bonds is 6. The zero-order valence-corrected chi connectivity index (χ0v) is 15.8. The van der Waals surface area contributed by atoms with Crippen LogP contribution in [0.3, 0.4) is 0 Å². The summed E-state index contributed by atoms with van der Waals surface area (Å²) >= 11 is 0. The van der Waals surface area contributed by atoms with Crippen molar-refractivity contribution in [2.24, 2.45) is 11.7 Å². The number of nitrogens with one attached hydrogen (secondary N) is 1. The van der Waals surface area contributed by atoms with Crippen molar-refractivity contribution in [3.63, 3.8) is 0 Å².